The van der Waals surface area contributed by atoms with Crippen molar-refractivity contribution in [3.8, 4) is 5.75 Å². The Kier molecular flexibility index (Phi) is 3.47. The number of methoxy groups -OCH3 is 1. The number of rotatable bonds is 4. The van der Waals surface area contributed by atoms with Crippen LogP contribution in [0.5, 0.6) is 5.75 Å². The van der Waals surface area contributed by atoms with E-state index in [0.717, 1.165) is 0 Å². The Morgan fingerprint density at radius 1 is 1.44 bits per heavy atom. The Morgan fingerprint density at radius 3 is 2.78 bits per heavy atom. The van der Waals surface area contributed by atoms with E-state index in [0.29, 0.717) is 11.3 Å². The molecule has 0 spiro atoms. The molecule has 6 heteroatoms. The second-order valence-electron chi connectivity index (χ2n) is 3.96. The van der Waals surface area contributed by atoms with Crippen molar-refractivity contribution in [2.75, 3.05) is 7.11 Å². The van der Waals surface area contributed by atoms with Crippen molar-refractivity contribution in [3.63, 3.8) is 0 Å². The zero-order chi connectivity index (χ0) is 13.1. The molecule has 2 rings (SSSR count). The van der Waals surface area contributed by atoms with Crippen LogP contribution in [0.15, 0.2) is 35.4 Å². The third-order valence-corrected chi connectivity index (χ3v) is 2.73. The molecule has 96 valence electrons. The summed E-state index contributed by atoms with van der Waals surface area (Å²) in [5.74, 6) is 0.592. The fourth-order valence-electron chi connectivity index (χ4n) is 1.75. The highest BCUT2D eigenvalue weighted by atomic mass is 16.5. The molecule has 1 atom stereocenters. The maximum absolute atomic E-state index is 11.6. The zero-order valence-electron chi connectivity index (χ0n) is 10.3. The molecule has 0 saturated heterocycles. The number of aliphatic hydroxyl groups excluding tert-OH is 1. The number of nitrogens with zero attached hydrogens (tertiary/aromatic N) is 3. The number of aromatic nitrogens is 3. The summed E-state index contributed by atoms with van der Waals surface area (Å²) in [6.07, 6.45) is 0.575. The number of ether oxygens (including phenoxy) is 1. The summed E-state index contributed by atoms with van der Waals surface area (Å²) < 4.78 is 7.74. The van der Waals surface area contributed by atoms with Gasteiger partial charge in [0.25, 0.3) is 0 Å². The molecule has 1 aromatic heterocycles. The fourth-order valence-corrected chi connectivity index (χ4v) is 1.75. The first-order valence-electron chi connectivity index (χ1n) is 5.53. The van der Waals surface area contributed by atoms with E-state index < -0.39 is 6.10 Å². The summed E-state index contributed by atoms with van der Waals surface area (Å²) in [5.41, 5.74) is 0.376. The van der Waals surface area contributed by atoms with Gasteiger partial charge in [-0.3, -0.25) is 4.57 Å². The van der Waals surface area contributed by atoms with Crippen molar-refractivity contribution >= 4 is 0 Å². The lowest BCUT2D eigenvalue weighted by atomic mass is 10.1. The second-order valence-corrected chi connectivity index (χ2v) is 3.96. The minimum absolute atomic E-state index is 0.0973. The molecule has 0 aliphatic rings. The van der Waals surface area contributed by atoms with Crippen LogP contribution in [0.3, 0.4) is 0 Å². The molecule has 0 saturated carbocycles. The van der Waals surface area contributed by atoms with Crippen molar-refractivity contribution in [2.24, 2.45) is 7.05 Å². The van der Waals surface area contributed by atoms with Crippen LogP contribution in [0.1, 0.15) is 11.7 Å². The number of benzene rings is 1. The molecule has 18 heavy (non-hydrogen) atoms. The van der Waals surface area contributed by atoms with E-state index in [1.165, 1.54) is 15.6 Å². The Balaban J connectivity index is 2.24. The first kappa shape index (κ1) is 12.4. The third kappa shape index (κ3) is 2.28. The van der Waals surface area contributed by atoms with Gasteiger partial charge in [0.1, 0.15) is 18.2 Å². The van der Waals surface area contributed by atoms with Crippen LogP contribution in [0, 0.1) is 0 Å². The minimum atomic E-state index is -0.839. The number of aliphatic hydroxyl groups is 1. The molecule has 1 aromatic carbocycles. The Bertz CT molecular complexity index is 588. The maximum Gasteiger partial charge on any atom is 0.345 e. The Labute approximate surface area is 104 Å². The van der Waals surface area contributed by atoms with Crippen LogP contribution in [0.25, 0.3) is 0 Å². The molecule has 1 heterocycles. The molecule has 0 radical (unpaired) electrons. The Hall–Kier alpha value is -2.08. The van der Waals surface area contributed by atoms with E-state index in [9.17, 15) is 9.90 Å². The molecule has 2 aromatic rings. The van der Waals surface area contributed by atoms with Gasteiger partial charge < -0.3 is 9.84 Å². The van der Waals surface area contributed by atoms with Gasteiger partial charge in [0.05, 0.1) is 13.7 Å². The number of hydrogen-bond donors (Lipinski definition) is 1. The summed E-state index contributed by atoms with van der Waals surface area (Å²) in [6.45, 7) is 0.0973. The third-order valence-electron chi connectivity index (χ3n) is 2.73. The monoisotopic (exact) mass is 249 g/mol. The van der Waals surface area contributed by atoms with E-state index in [1.807, 2.05) is 12.1 Å². The van der Waals surface area contributed by atoms with Gasteiger partial charge in [0, 0.05) is 12.6 Å². The highest BCUT2D eigenvalue weighted by Crippen LogP contribution is 2.25. The molecule has 0 bridgehead atoms. The molecule has 1 unspecified atom stereocenters. The van der Waals surface area contributed by atoms with E-state index >= 15 is 0 Å². The predicted molar refractivity (Wildman–Crippen MR) is 65.4 cm³/mol. The number of aryl methyl sites for hydroxylation is 1. The average molecular weight is 249 g/mol. The molecule has 0 aliphatic heterocycles. The SMILES string of the molecule is COc1ccccc1C(O)Cn1ncn(C)c1=O. The summed E-state index contributed by atoms with van der Waals surface area (Å²) in [4.78, 5) is 11.6. The molecule has 0 aliphatic carbocycles. The quantitative estimate of drug-likeness (QED) is 0.847. The van der Waals surface area contributed by atoms with Crippen molar-refractivity contribution < 1.29 is 9.84 Å². The number of para-hydroxylation sites is 1. The van der Waals surface area contributed by atoms with Crippen molar-refractivity contribution in [2.45, 2.75) is 12.6 Å². The maximum atomic E-state index is 11.6. The predicted octanol–water partition coefficient (Wildman–Crippen LogP) is 0.324. The van der Waals surface area contributed by atoms with Crippen molar-refractivity contribution in [3.05, 3.63) is 46.6 Å². The molecular formula is C12H15N3O3. The van der Waals surface area contributed by atoms with E-state index in [2.05, 4.69) is 5.10 Å². The van der Waals surface area contributed by atoms with Crippen LogP contribution >= 0.6 is 0 Å². The lowest BCUT2D eigenvalue weighted by Crippen LogP contribution is -2.25. The van der Waals surface area contributed by atoms with Crippen LogP contribution in [-0.4, -0.2) is 26.6 Å². The molecular weight excluding hydrogens is 234 g/mol. The molecule has 0 amide bonds. The summed E-state index contributed by atoms with van der Waals surface area (Å²) in [6, 6.07) is 7.15. The van der Waals surface area contributed by atoms with Gasteiger partial charge >= 0.3 is 5.69 Å². The first-order chi connectivity index (χ1) is 8.63. The smallest absolute Gasteiger partial charge is 0.345 e. The second kappa shape index (κ2) is 5.05. The van der Waals surface area contributed by atoms with Gasteiger partial charge in [-0.15, -0.1) is 0 Å². The van der Waals surface area contributed by atoms with Gasteiger partial charge in [-0.25, -0.2) is 9.48 Å². The average Bonchev–Trinajstić information content (AvgIpc) is 2.70. The molecule has 6 nitrogen and oxygen atoms in total. The number of hydrogen-bond acceptors (Lipinski definition) is 4. The van der Waals surface area contributed by atoms with Gasteiger partial charge in [0.15, 0.2) is 0 Å². The van der Waals surface area contributed by atoms with Crippen LogP contribution < -0.4 is 10.4 Å². The van der Waals surface area contributed by atoms with E-state index in [-0.39, 0.29) is 12.2 Å². The fraction of sp³-hybridized carbons (Fsp3) is 0.333. The van der Waals surface area contributed by atoms with Crippen LogP contribution in [-0.2, 0) is 13.6 Å². The lowest BCUT2D eigenvalue weighted by Gasteiger charge is -2.13. The normalized spacial score (nSPS) is 12.4. The summed E-state index contributed by atoms with van der Waals surface area (Å²) in [7, 11) is 3.15. The van der Waals surface area contributed by atoms with Crippen LogP contribution in [0.2, 0.25) is 0 Å². The van der Waals surface area contributed by atoms with Gasteiger partial charge in [0.2, 0.25) is 0 Å². The van der Waals surface area contributed by atoms with E-state index in [4.69, 9.17) is 4.74 Å². The molecule has 0 fully saturated rings. The van der Waals surface area contributed by atoms with E-state index in [1.54, 1.807) is 26.3 Å². The Morgan fingerprint density at radius 2 is 2.17 bits per heavy atom. The summed E-state index contributed by atoms with van der Waals surface area (Å²) in [5, 5.41) is 14.0. The standard InChI is InChI=1S/C12H15N3O3/c1-14-8-13-15(12(14)17)7-10(16)9-5-3-4-6-11(9)18-2/h3-6,8,10,16H,7H2,1-2H3. The van der Waals surface area contributed by atoms with Gasteiger partial charge in [-0.2, -0.15) is 5.10 Å². The highest BCUT2D eigenvalue weighted by Gasteiger charge is 2.15. The summed E-state index contributed by atoms with van der Waals surface area (Å²) >= 11 is 0. The minimum Gasteiger partial charge on any atom is -0.496 e. The molecule has 1 N–H and O–H groups in total. The van der Waals surface area contributed by atoms with Gasteiger partial charge in [-0.05, 0) is 6.07 Å². The van der Waals surface area contributed by atoms with Crippen molar-refractivity contribution in [1.82, 2.24) is 14.3 Å². The largest absolute Gasteiger partial charge is 0.496 e. The van der Waals surface area contributed by atoms with Gasteiger partial charge in [-0.1, -0.05) is 18.2 Å². The zero-order valence-corrected chi connectivity index (χ0v) is 10.3. The lowest BCUT2D eigenvalue weighted by molar-refractivity contribution is 0.146. The first-order valence-corrected chi connectivity index (χ1v) is 5.53. The topological polar surface area (TPSA) is 69.3 Å². The van der Waals surface area contributed by atoms with Crippen molar-refractivity contribution in [1.29, 1.82) is 0 Å². The highest BCUT2D eigenvalue weighted by molar-refractivity contribution is 5.34. The van der Waals surface area contributed by atoms with Crippen LogP contribution in [0.4, 0.5) is 0 Å².